The van der Waals surface area contributed by atoms with Gasteiger partial charge in [-0.2, -0.15) is 0 Å². The summed E-state index contributed by atoms with van der Waals surface area (Å²) in [6.07, 6.45) is 5.27. The first-order valence-corrected chi connectivity index (χ1v) is 7.02. The fourth-order valence-electron chi connectivity index (χ4n) is 3.12. The average molecular weight is 236 g/mol. The fraction of sp³-hybridized carbons (Fsp3) is 0.765. The lowest BCUT2D eigenvalue weighted by molar-refractivity contribution is 0.114. The Labute approximate surface area is 109 Å². The van der Waals surface area contributed by atoms with E-state index in [1.807, 2.05) is 6.92 Å². The Hall–Kier alpha value is -0.520. The van der Waals surface area contributed by atoms with E-state index in [0.29, 0.717) is 5.41 Å². The SMILES string of the molecule is C=C(C)C1C(C)CCCC1(C)C.C=C(C)CC. The van der Waals surface area contributed by atoms with E-state index in [4.69, 9.17) is 0 Å². The molecule has 1 fully saturated rings. The summed E-state index contributed by atoms with van der Waals surface area (Å²) in [6.45, 7) is 21.3. The van der Waals surface area contributed by atoms with Crippen LogP contribution < -0.4 is 0 Å². The van der Waals surface area contributed by atoms with Gasteiger partial charge in [0.15, 0.2) is 0 Å². The molecule has 0 spiro atoms. The number of allylic oxidation sites excluding steroid dienone is 2. The van der Waals surface area contributed by atoms with E-state index in [2.05, 4.69) is 47.8 Å². The predicted molar refractivity (Wildman–Crippen MR) is 80.2 cm³/mol. The van der Waals surface area contributed by atoms with Crippen molar-refractivity contribution in [1.29, 1.82) is 0 Å². The number of hydrogen-bond acceptors (Lipinski definition) is 0. The van der Waals surface area contributed by atoms with Gasteiger partial charge in [-0.3, -0.25) is 0 Å². The summed E-state index contributed by atoms with van der Waals surface area (Å²) >= 11 is 0. The Bertz CT molecular complexity index is 257. The average Bonchev–Trinajstić information content (AvgIpc) is 2.16. The second kappa shape index (κ2) is 7.03. The maximum absolute atomic E-state index is 4.12. The fourth-order valence-corrected chi connectivity index (χ4v) is 3.12. The van der Waals surface area contributed by atoms with Crippen molar-refractivity contribution in [3.8, 4) is 0 Å². The van der Waals surface area contributed by atoms with E-state index < -0.39 is 0 Å². The molecule has 2 atom stereocenters. The maximum Gasteiger partial charge on any atom is -0.0132 e. The van der Waals surface area contributed by atoms with Gasteiger partial charge in [0.25, 0.3) is 0 Å². The Morgan fingerprint density at radius 1 is 1.24 bits per heavy atom. The quantitative estimate of drug-likeness (QED) is 0.516. The van der Waals surface area contributed by atoms with Crippen LogP contribution in [0.5, 0.6) is 0 Å². The molecular formula is C17H32. The summed E-state index contributed by atoms with van der Waals surface area (Å²) in [6, 6.07) is 0. The van der Waals surface area contributed by atoms with Gasteiger partial charge in [0, 0.05) is 0 Å². The lowest BCUT2D eigenvalue weighted by Gasteiger charge is -2.43. The van der Waals surface area contributed by atoms with Crippen LogP contribution in [0.15, 0.2) is 24.3 Å². The van der Waals surface area contributed by atoms with Crippen LogP contribution in [0, 0.1) is 17.3 Å². The first-order chi connectivity index (χ1) is 7.72. The third kappa shape index (κ3) is 5.57. The molecule has 1 aliphatic carbocycles. The predicted octanol–water partition coefficient (Wildman–Crippen LogP) is 6.00. The standard InChI is InChI=1S/C12H22.C5H10/c1-9(2)11-10(3)7-6-8-12(11,4)5;1-4-5(2)3/h10-11H,1,6-8H2,2-5H3;2,4H2,1,3H3. The molecule has 0 bridgehead atoms. The zero-order valence-electron chi connectivity index (χ0n) is 12.9. The molecule has 0 radical (unpaired) electrons. The molecule has 0 N–H and O–H groups in total. The molecule has 0 saturated heterocycles. The van der Waals surface area contributed by atoms with Gasteiger partial charge >= 0.3 is 0 Å². The summed E-state index contributed by atoms with van der Waals surface area (Å²) < 4.78 is 0. The number of hydrogen-bond donors (Lipinski definition) is 0. The van der Waals surface area contributed by atoms with E-state index in [-0.39, 0.29) is 0 Å². The zero-order chi connectivity index (χ0) is 13.6. The van der Waals surface area contributed by atoms with Crippen LogP contribution in [-0.4, -0.2) is 0 Å². The van der Waals surface area contributed by atoms with E-state index in [9.17, 15) is 0 Å². The number of rotatable bonds is 2. The first kappa shape index (κ1) is 16.5. The van der Waals surface area contributed by atoms with Crippen LogP contribution in [0.4, 0.5) is 0 Å². The van der Waals surface area contributed by atoms with E-state index in [1.54, 1.807) is 0 Å². The Morgan fingerprint density at radius 2 is 1.71 bits per heavy atom. The normalized spacial score (nSPS) is 26.7. The smallest absolute Gasteiger partial charge is 0.0132 e. The van der Waals surface area contributed by atoms with Crippen molar-refractivity contribution in [1.82, 2.24) is 0 Å². The first-order valence-electron chi connectivity index (χ1n) is 7.02. The van der Waals surface area contributed by atoms with Gasteiger partial charge in [-0.05, 0) is 43.9 Å². The zero-order valence-corrected chi connectivity index (χ0v) is 12.9. The minimum absolute atomic E-state index is 0.490. The van der Waals surface area contributed by atoms with Crippen molar-refractivity contribution in [2.45, 2.75) is 67.2 Å². The van der Waals surface area contributed by atoms with Crippen LogP contribution in [0.2, 0.25) is 0 Å². The summed E-state index contributed by atoms with van der Waals surface area (Å²) in [4.78, 5) is 0. The molecule has 0 aromatic carbocycles. The van der Waals surface area contributed by atoms with Crippen molar-refractivity contribution in [2.24, 2.45) is 17.3 Å². The van der Waals surface area contributed by atoms with Gasteiger partial charge in [0.2, 0.25) is 0 Å². The lowest BCUT2D eigenvalue weighted by Crippen LogP contribution is -2.34. The topological polar surface area (TPSA) is 0 Å². The van der Waals surface area contributed by atoms with Crippen molar-refractivity contribution in [3.63, 3.8) is 0 Å². The molecule has 2 unspecified atom stereocenters. The molecule has 17 heavy (non-hydrogen) atoms. The molecule has 1 saturated carbocycles. The summed E-state index contributed by atoms with van der Waals surface area (Å²) in [7, 11) is 0. The maximum atomic E-state index is 4.12. The molecule has 100 valence electrons. The van der Waals surface area contributed by atoms with E-state index in [0.717, 1.165) is 18.3 Å². The Kier molecular flexibility index (Phi) is 6.82. The van der Waals surface area contributed by atoms with Crippen molar-refractivity contribution >= 4 is 0 Å². The highest BCUT2D eigenvalue weighted by molar-refractivity contribution is 5.06. The van der Waals surface area contributed by atoms with Gasteiger partial charge in [0.1, 0.15) is 0 Å². The van der Waals surface area contributed by atoms with Crippen LogP contribution >= 0.6 is 0 Å². The van der Waals surface area contributed by atoms with Crippen molar-refractivity contribution in [3.05, 3.63) is 24.3 Å². The molecule has 0 aromatic rings. The summed E-state index contributed by atoms with van der Waals surface area (Å²) in [5.74, 6) is 1.58. The van der Waals surface area contributed by atoms with Gasteiger partial charge in [-0.15, -0.1) is 6.58 Å². The third-order valence-electron chi connectivity index (χ3n) is 4.03. The third-order valence-corrected chi connectivity index (χ3v) is 4.03. The van der Waals surface area contributed by atoms with Crippen LogP contribution in [0.25, 0.3) is 0 Å². The monoisotopic (exact) mass is 236 g/mol. The van der Waals surface area contributed by atoms with Crippen LogP contribution in [-0.2, 0) is 0 Å². The molecule has 0 nitrogen and oxygen atoms in total. The van der Waals surface area contributed by atoms with E-state index >= 15 is 0 Å². The van der Waals surface area contributed by atoms with Crippen LogP contribution in [0.3, 0.4) is 0 Å². The van der Waals surface area contributed by atoms with Crippen molar-refractivity contribution in [2.75, 3.05) is 0 Å². The highest BCUT2D eigenvalue weighted by atomic mass is 14.4. The lowest BCUT2D eigenvalue weighted by atomic mass is 9.62. The molecule has 0 heterocycles. The van der Waals surface area contributed by atoms with Crippen molar-refractivity contribution < 1.29 is 0 Å². The second-order valence-corrected chi connectivity index (χ2v) is 6.49. The minimum Gasteiger partial charge on any atom is -0.100 e. The largest absolute Gasteiger partial charge is 0.100 e. The van der Waals surface area contributed by atoms with Gasteiger partial charge in [-0.1, -0.05) is 58.3 Å². The molecule has 0 amide bonds. The summed E-state index contributed by atoms with van der Waals surface area (Å²) in [5.41, 5.74) is 3.13. The van der Waals surface area contributed by atoms with Gasteiger partial charge in [-0.25, -0.2) is 0 Å². The minimum atomic E-state index is 0.490. The highest BCUT2D eigenvalue weighted by Crippen LogP contribution is 2.46. The molecular weight excluding hydrogens is 204 g/mol. The van der Waals surface area contributed by atoms with E-state index in [1.165, 1.54) is 30.4 Å². The molecule has 0 aliphatic heterocycles. The Morgan fingerprint density at radius 3 is 1.94 bits per heavy atom. The molecule has 0 heteroatoms. The molecule has 1 aliphatic rings. The van der Waals surface area contributed by atoms with Gasteiger partial charge < -0.3 is 0 Å². The van der Waals surface area contributed by atoms with Gasteiger partial charge in [0.05, 0.1) is 0 Å². The second-order valence-electron chi connectivity index (χ2n) is 6.49. The highest BCUT2D eigenvalue weighted by Gasteiger charge is 2.36. The Balaban J connectivity index is 0.000000437. The summed E-state index contributed by atoms with van der Waals surface area (Å²) in [5, 5.41) is 0. The van der Waals surface area contributed by atoms with Crippen LogP contribution in [0.1, 0.15) is 67.2 Å². The molecule has 0 aromatic heterocycles. The molecule has 1 rings (SSSR count).